The van der Waals surface area contributed by atoms with Crippen LogP contribution in [0.1, 0.15) is 17.1 Å². The average molecular weight is 219 g/mol. The van der Waals surface area contributed by atoms with Crippen LogP contribution in [0.4, 0.5) is 13.2 Å². The number of aromatic amines is 1. The summed E-state index contributed by atoms with van der Waals surface area (Å²) in [5, 5.41) is 2.90. The maximum absolute atomic E-state index is 12.3. The normalized spacial score (nSPS) is 16.2. The lowest BCUT2D eigenvalue weighted by atomic mass is 10.1. The lowest BCUT2D eigenvalue weighted by Crippen LogP contribution is -2.33. The summed E-state index contributed by atoms with van der Waals surface area (Å²) >= 11 is 0. The molecule has 2 rings (SSSR count). The monoisotopic (exact) mass is 219 g/mol. The van der Waals surface area contributed by atoms with E-state index in [9.17, 15) is 18.0 Å². The molecule has 0 fully saturated rings. The number of H-pyrrole nitrogens is 1. The molecule has 0 atom stereocenters. The van der Waals surface area contributed by atoms with E-state index in [0.29, 0.717) is 18.5 Å². The van der Waals surface area contributed by atoms with Crippen LogP contribution < -0.4 is 10.9 Å². The van der Waals surface area contributed by atoms with Gasteiger partial charge in [0.05, 0.1) is 11.3 Å². The van der Waals surface area contributed by atoms with E-state index >= 15 is 0 Å². The van der Waals surface area contributed by atoms with Crippen molar-refractivity contribution in [2.75, 3.05) is 6.54 Å². The summed E-state index contributed by atoms with van der Waals surface area (Å²) < 4.78 is 36.9. The summed E-state index contributed by atoms with van der Waals surface area (Å²) in [5.41, 5.74) is -0.168. The summed E-state index contributed by atoms with van der Waals surface area (Å²) in [6, 6.07) is 0. The molecule has 2 heterocycles. The minimum absolute atomic E-state index is 0.241. The Labute approximate surface area is 82.5 Å². The highest BCUT2D eigenvalue weighted by molar-refractivity contribution is 5.21. The van der Waals surface area contributed by atoms with E-state index in [1.807, 2.05) is 0 Å². The molecule has 82 valence electrons. The Morgan fingerprint density at radius 1 is 1.33 bits per heavy atom. The van der Waals surface area contributed by atoms with Crippen molar-refractivity contribution in [2.45, 2.75) is 19.1 Å². The SMILES string of the molecule is O=c1[nH]c(C(F)(F)F)nc2c1CNCC2. The van der Waals surface area contributed by atoms with Crippen LogP contribution in [0.5, 0.6) is 0 Å². The summed E-state index contributed by atoms with van der Waals surface area (Å²) in [5.74, 6) is -1.21. The van der Waals surface area contributed by atoms with Crippen LogP contribution in [0.2, 0.25) is 0 Å². The number of aromatic nitrogens is 2. The maximum Gasteiger partial charge on any atom is 0.449 e. The second-order valence-electron chi connectivity index (χ2n) is 3.26. The quantitative estimate of drug-likeness (QED) is 0.665. The zero-order chi connectivity index (χ0) is 11.1. The molecule has 1 aromatic rings. The lowest BCUT2D eigenvalue weighted by molar-refractivity contribution is -0.145. The van der Waals surface area contributed by atoms with Crippen molar-refractivity contribution in [2.24, 2.45) is 0 Å². The van der Waals surface area contributed by atoms with Crippen LogP contribution >= 0.6 is 0 Å². The standard InChI is InChI=1S/C8H8F3N3O/c9-8(10,11)7-13-5-1-2-12-3-4(5)6(15)14-7/h12H,1-3H2,(H,13,14,15). The fraction of sp³-hybridized carbons (Fsp3) is 0.500. The Bertz CT molecular complexity index is 438. The predicted octanol–water partition coefficient (Wildman–Crippen LogP) is 0.434. The lowest BCUT2D eigenvalue weighted by Gasteiger charge is -2.16. The molecule has 7 heteroatoms. The topological polar surface area (TPSA) is 57.8 Å². The van der Waals surface area contributed by atoms with Crippen molar-refractivity contribution in [3.8, 4) is 0 Å². The summed E-state index contributed by atoms with van der Waals surface area (Å²) in [6.07, 6.45) is -4.25. The summed E-state index contributed by atoms with van der Waals surface area (Å²) in [4.78, 5) is 16.5. The fourth-order valence-electron chi connectivity index (χ4n) is 1.49. The zero-order valence-electron chi connectivity index (χ0n) is 7.61. The Morgan fingerprint density at radius 2 is 2.07 bits per heavy atom. The molecule has 0 saturated carbocycles. The smallest absolute Gasteiger partial charge is 0.312 e. The first-order valence-electron chi connectivity index (χ1n) is 4.38. The first kappa shape index (κ1) is 10.2. The number of alkyl halides is 3. The second kappa shape index (κ2) is 3.34. The molecule has 0 spiro atoms. The zero-order valence-corrected chi connectivity index (χ0v) is 7.61. The van der Waals surface area contributed by atoms with Gasteiger partial charge < -0.3 is 10.3 Å². The molecule has 1 aliphatic heterocycles. The summed E-state index contributed by atoms with van der Waals surface area (Å²) in [6.45, 7) is 0.816. The van der Waals surface area contributed by atoms with E-state index < -0.39 is 17.6 Å². The first-order valence-corrected chi connectivity index (χ1v) is 4.38. The van der Waals surface area contributed by atoms with Gasteiger partial charge >= 0.3 is 6.18 Å². The number of rotatable bonds is 0. The fourth-order valence-corrected chi connectivity index (χ4v) is 1.49. The molecule has 0 aliphatic carbocycles. The number of nitrogens with one attached hydrogen (secondary N) is 2. The number of fused-ring (bicyclic) bond motifs is 1. The third-order valence-electron chi connectivity index (χ3n) is 2.21. The predicted molar refractivity (Wildman–Crippen MR) is 45.3 cm³/mol. The molecule has 0 aromatic carbocycles. The Kier molecular flexibility index (Phi) is 2.26. The molecule has 0 radical (unpaired) electrons. The molecular weight excluding hydrogens is 211 g/mol. The molecule has 0 bridgehead atoms. The van der Waals surface area contributed by atoms with Crippen molar-refractivity contribution in [3.05, 3.63) is 27.4 Å². The van der Waals surface area contributed by atoms with Crippen molar-refractivity contribution < 1.29 is 13.2 Å². The van der Waals surface area contributed by atoms with Gasteiger partial charge in [-0.3, -0.25) is 4.79 Å². The van der Waals surface area contributed by atoms with Crippen LogP contribution in [0.3, 0.4) is 0 Å². The van der Waals surface area contributed by atoms with E-state index in [0.717, 1.165) is 0 Å². The highest BCUT2D eigenvalue weighted by Crippen LogP contribution is 2.25. The van der Waals surface area contributed by atoms with Gasteiger partial charge in [0.1, 0.15) is 0 Å². The third kappa shape index (κ3) is 1.87. The van der Waals surface area contributed by atoms with Crippen molar-refractivity contribution in [1.82, 2.24) is 15.3 Å². The number of hydrogen-bond acceptors (Lipinski definition) is 3. The van der Waals surface area contributed by atoms with Crippen molar-refractivity contribution in [3.63, 3.8) is 0 Å². The highest BCUT2D eigenvalue weighted by Gasteiger charge is 2.35. The van der Waals surface area contributed by atoms with Crippen molar-refractivity contribution in [1.29, 1.82) is 0 Å². The van der Waals surface area contributed by atoms with E-state index in [4.69, 9.17) is 0 Å². The van der Waals surface area contributed by atoms with Crippen LogP contribution in [0.15, 0.2) is 4.79 Å². The molecule has 1 aliphatic rings. The van der Waals surface area contributed by atoms with E-state index in [1.165, 1.54) is 0 Å². The first-order chi connectivity index (χ1) is 6.98. The van der Waals surface area contributed by atoms with E-state index in [1.54, 1.807) is 4.98 Å². The molecule has 2 N–H and O–H groups in total. The highest BCUT2D eigenvalue weighted by atomic mass is 19.4. The second-order valence-corrected chi connectivity index (χ2v) is 3.26. The van der Waals surface area contributed by atoms with Gasteiger partial charge in [0.25, 0.3) is 5.56 Å². The molecule has 15 heavy (non-hydrogen) atoms. The Morgan fingerprint density at radius 3 is 2.73 bits per heavy atom. The van der Waals surface area contributed by atoms with Gasteiger partial charge in [0, 0.05) is 19.5 Å². The molecule has 1 aromatic heterocycles. The molecular formula is C8H8F3N3O. The largest absolute Gasteiger partial charge is 0.449 e. The molecule has 0 saturated heterocycles. The number of hydrogen-bond donors (Lipinski definition) is 2. The van der Waals surface area contributed by atoms with Gasteiger partial charge in [-0.1, -0.05) is 0 Å². The van der Waals surface area contributed by atoms with E-state index in [-0.39, 0.29) is 12.2 Å². The molecule has 4 nitrogen and oxygen atoms in total. The van der Waals surface area contributed by atoms with E-state index in [2.05, 4.69) is 10.3 Å². The molecule has 0 amide bonds. The van der Waals surface area contributed by atoms with Crippen LogP contribution in [0.25, 0.3) is 0 Å². The van der Waals surface area contributed by atoms with Crippen LogP contribution in [-0.4, -0.2) is 16.5 Å². The van der Waals surface area contributed by atoms with Crippen molar-refractivity contribution >= 4 is 0 Å². The van der Waals surface area contributed by atoms with Gasteiger partial charge in [-0.2, -0.15) is 13.2 Å². The van der Waals surface area contributed by atoms with Crippen LogP contribution in [-0.2, 0) is 19.1 Å². The Hall–Kier alpha value is -1.37. The number of halogens is 3. The van der Waals surface area contributed by atoms with Crippen LogP contribution in [0, 0.1) is 0 Å². The number of nitrogens with zero attached hydrogens (tertiary/aromatic N) is 1. The minimum Gasteiger partial charge on any atom is -0.312 e. The van der Waals surface area contributed by atoms with Gasteiger partial charge in [0.15, 0.2) is 0 Å². The minimum atomic E-state index is -4.60. The molecule has 0 unspecified atom stereocenters. The summed E-state index contributed by atoms with van der Waals surface area (Å²) in [7, 11) is 0. The third-order valence-corrected chi connectivity index (χ3v) is 2.21. The average Bonchev–Trinajstić information content (AvgIpc) is 2.16. The van der Waals surface area contributed by atoms with Gasteiger partial charge in [-0.05, 0) is 0 Å². The Balaban J connectivity index is 2.55. The maximum atomic E-state index is 12.3. The van der Waals surface area contributed by atoms with Gasteiger partial charge in [-0.15, -0.1) is 0 Å². The van der Waals surface area contributed by atoms with Gasteiger partial charge in [-0.25, -0.2) is 4.98 Å². The van der Waals surface area contributed by atoms with Gasteiger partial charge in [0.2, 0.25) is 5.82 Å².